The zero-order valence-corrected chi connectivity index (χ0v) is 20.2. The summed E-state index contributed by atoms with van der Waals surface area (Å²) in [4.78, 5) is 27.3. The predicted molar refractivity (Wildman–Crippen MR) is 131 cm³/mol. The maximum atomic E-state index is 14.7. The highest BCUT2D eigenvalue weighted by Crippen LogP contribution is 2.29. The molecule has 3 unspecified atom stereocenters. The number of aromatic nitrogens is 3. The summed E-state index contributed by atoms with van der Waals surface area (Å²) in [6, 6.07) is 7.84. The average molecular weight is 493 g/mol. The monoisotopic (exact) mass is 492 g/mol. The molecule has 0 aromatic carbocycles. The molecule has 3 aliphatic rings. The number of methoxy groups -OCH3 is 1. The first kappa shape index (κ1) is 23.2. The van der Waals surface area contributed by atoms with Gasteiger partial charge in [-0.25, -0.2) is 14.4 Å². The SMILES string of the molecule is COc1ccc2ncc(F)c(CCN3CC4CC(NCc5ccc6c(n5)NC(=O)CC6)C(C3)O4)c2n1. The summed E-state index contributed by atoms with van der Waals surface area (Å²) in [5.74, 6) is 0.812. The fourth-order valence-corrected chi connectivity index (χ4v) is 5.45. The van der Waals surface area contributed by atoms with Crippen LogP contribution >= 0.6 is 0 Å². The summed E-state index contributed by atoms with van der Waals surface area (Å²) in [6.07, 6.45) is 4.20. The zero-order valence-electron chi connectivity index (χ0n) is 20.2. The molecule has 3 aromatic heterocycles. The molecule has 0 spiro atoms. The van der Waals surface area contributed by atoms with E-state index in [4.69, 9.17) is 9.47 Å². The molecule has 3 atom stereocenters. The molecular weight excluding hydrogens is 463 g/mol. The Morgan fingerprint density at radius 2 is 2.14 bits per heavy atom. The number of morpholine rings is 1. The van der Waals surface area contributed by atoms with Crippen LogP contribution in [-0.2, 0) is 28.9 Å². The van der Waals surface area contributed by atoms with Gasteiger partial charge in [-0.2, -0.15) is 0 Å². The van der Waals surface area contributed by atoms with Gasteiger partial charge < -0.3 is 20.1 Å². The van der Waals surface area contributed by atoms with Gasteiger partial charge in [0, 0.05) is 50.3 Å². The third kappa shape index (κ3) is 4.63. The lowest BCUT2D eigenvalue weighted by molar-refractivity contribution is -0.116. The van der Waals surface area contributed by atoms with Crippen LogP contribution in [0.3, 0.4) is 0 Å². The van der Waals surface area contributed by atoms with Gasteiger partial charge in [0.2, 0.25) is 11.8 Å². The highest BCUT2D eigenvalue weighted by Gasteiger charge is 2.40. The van der Waals surface area contributed by atoms with E-state index in [1.165, 1.54) is 6.20 Å². The van der Waals surface area contributed by atoms with E-state index in [-0.39, 0.29) is 30.0 Å². The van der Waals surface area contributed by atoms with E-state index < -0.39 is 0 Å². The molecule has 9 nitrogen and oxygen atoms in total. The van der Waals surface area contributed by atoms with Gasteiger partial charge in [0.25, 0.3) is 0 Å². The van der Waals surface area contributed by atoms with Crippen LogP contribution in [-0.4, -0.2) is 70.8 Å². The van der Waals surface area contributed by atoms with E-state index in [9.17, 15) is 9.18 Å². The molecule has 10 heteroatoms. The molecule has 0 radical (unpaired) electrons. The summed E-state index contributed by atoms with van der Waals surface area (Å²) in [7, 11) is 1.55. The highest BCUT2D eigenvalue weighted by molar-refractivity contribution is 5.92. The number of carbonyl (C=O) groups excluding carboxylic acids is 1. The van der Waals surface area contributed by atoms with Crippen molar-refractivity contribution < 1.29 is 18.7 Å². The van der Waals surface area contributed by atoms with Crippen LogP contribution < -0.4 is 15.4 Å². The van der Waals surface area contributed by atoms with Crippen LogP contribution in [0.2, 0.25) is 0 Å². The molecule has 0 saturated carbocycles. The van der Waals surface area contributed by atoms with Crippen molar-refractivity contribution in [3.63, 3.8) is 0 Å². The van der Waals surface area contributed by atoms with Crippen molar-refractivity contribution in [2.24, 2.45) is 0 Å². The standard InChI is InChI=1S/C26H29FN6O3/c1-35-24-7-5-20-25(32-24)18(19(27)12-29-20)8-9-33-13-17-10-21(22(14-33)36-17)28-11-16-4-2-15-3-6-23(34)31-26(15)30-16/h2,4-5,7,12,17,21-22,28H,3,6,8-11,13-14H2,1H3,(H,30,31,34). The molecule has 3 aliphatic heterocycles. The third-order valence-electron chi connectivity index (χ3n) is 7.32. The van der Waals surface area contributed by atoms with Crippen LogP contribution in [0, 0.1) is 5.82 Å². The maximum Gasteiger partial charge on any atom is 0.225 e. The number of ether oxygens (including phenoxy) is 2. The predicted octanol–water partition coefficient (Wildman–Crippen LogP) is 2.23. The average Bonchev–Trinajstić information content (AvgIpc) is 3.18. The van der Waals surface area contributed by atoms with Crippen LogP contribution in [0.25, 0.3) is 11.0 Å². The quantitative estimate of drug-likeness (QED) is 0.518. The second-order valence-corrected chi connectivity index (χ2v) is 9.69. The number of hydrogen-bond donors (Lipinski definition) is 2. The van der Waals surface area contributed by atoms with Gasteiger partial charge >= 0.3 is 0 Å². The van der Waals surface area contributed by atoms with E-state index in [0.29, 0.717) is 54.2 Å². The fourth-order valence-electron chi connectivity index (χ4n) is 5.45. The molecule has 6 rings (SSSR count). The smallest absolute Gasteiger partial charge is 0.225 e. The second kappa shape index (κ2) is 9.68. The minimum atomic E-state index is -0.340. The molecule has 2 bridgehead atoms. The molecule has 0 aliphatic carbocycles. The fraction of sp³-hybridized carbons (Fsp3) is 0.462. The summed E-state index contributed by atoms with van der Waals surface area (Å²) >= 11 is 0. The van der Waals surface area contributed by atoms with Crippen molar-refractivity contribution in [3.8, 4) is 5.88 Å². The van der Waals surface area contributed by atoms with Gasteiger partial charge in [0.15, 0.2) is 0 Å². The van der Waals surface area contributed by atoms with Gasteiger partial charge in [-0.1, -0.05) is 6.07 Å². The maximum absolute atomic E-state index is 14.7. The number of nitrogens with zero attached hydrogens (tertiary/aromatic N) is 4. The topological polar surface area (TPSA) is 102 Å². The Balaban J connectivity index is 1.08. The normalized spacial score (nSPS) is 23.5. The van der Waals surface area contributed by atoms with Crippen molar-refractivity contribution in [2.45, 2.75) is 50.5 Å². The number of rotatable bonds is 7. The Bertz CT molecular complexity index is 1300. The van der Waals surface area contributed by atoms with Crippen molar-refractivity contribution in [1.29, 1.82) is 0 Å². The van der Waals surface area contributed by atoms with E-state index >= 15 is 0 Å². The van der Waals surface area contributed by atoms with Crippen molar-refractivity contribution in [1.82, 2.24) is 25.2 Å². The van der Waals surface area contributed by atoms with Gasteiger partial charge in [-0.15, -0.1) is 0 Å². The lowest BCUT2D eigenvalue weighted by Crippen LogP contribution is -2.47. The number of anilines is 1. The number of hydrogen-bond acceptors (Lipinski definition) is 8. The van der Waals surface area contributed by atoms with Crippen LogP contribution in [0.1, 0.15) is 29.7 Å². The number of amides is 1. The molecule has 2 N–H and O–H groups in total. The number of aryl methyl sites for hydroxylation is 1. The summed E-state index contributed by atoms with van der Waals surface area (Å²) in [5, 5.41) is 6.48. The second-order valence-electron chi connectivity index (χ2n) is 9.69. The van der Waals surface area contributed by atoms with Gasteiger partial charge in [-0.05, 0) is 37.0 Å². The molecular formula is C26H29FN6O3. The Hall–Kier alpha value is -3.21. The first-order valence-electron chi connectivity index (χ1n) is 12.4. The van der Waals surface area contributed by atoms with Crippen LogP contribution in [0.5, 0.6) is 5.88 Å². The first-order chi connectivity index (χ1) is 17.6. The number of carbonyl (C=O) groups is 1. The largest absolute Gasteiger partial charge is 0.481 e. The third-order valence-corrected chi connectivity index (χ3v) is 7.32. The number of nitrogens with one attached hydrogen (secondary N) is 2. The lowest BCUT2D eigenvalue weighted by atomic mass is 10.1. The molecule has 6 heterocycles. The van der Waals surface area contributed by atoms with E-state index in [1.54, 1.807) is 19.2 Å². The molecule has 3 aromatic rings. The van der Waals surface area contributed by atoms with Crippen molar-refractivity contribution in [2.75, 3.05) is 32.1 Å². The van der Waals surface area contributed by atoms with Crippen LogP contribution in [0.4, 0.5) is 10.2 Å². The molecule has 2 saturated heterocycles. The lowest BCUT2D eigenvalue weighted by Gasteiger charge is -2.33. The van der Waals surface area contributed by atoms with Gasteiger partial charge in [0.05, 0.1) is 42.2 Å². The summed E-state index contributed by atoms with van der Waals surface area (Å²) < 4.78 is 26.1. The van der Waals surface area contributed by atoms with E-state index in [0.717, 1.165) is 37.2 Å². The Kier molecular flexibility index (Phi) is 6.24. The van der Waals surface area contributed by atoms with Gasteiger partial charge in [-0.3, -0.25) is 14.7 Å². The number of likely N-dealkylation sites (tertiary alicyclic amines) is 1. The molecule has 2 fully saturated rings. The zero-order chi connectivity index (χ0) is 24.6. The summed E-state index contributed by atoms with van der Waals surface area (Å²) in [5.41, 5.74) is 3.77. The number of fused-ring (bicyclic) bond motifs is 4. The highest BCUT2D eigenvalue weighted by atomic mass is 19.1. The first-order valence-corrected chi connectivity index (χ1v) is 12.4. The number of halogens is 1. The van der Waals surface area contributed by atoms with E-state index in [1.807, 2.05) is 6.07 Å². The van der Waals surface area contributed by atoms with Gasteiger partial charge in [0.1, 0.15) is 11.6 Å². The Morgan fingerprint density at radius 1 is 1.22 bits per heavy atom. The molecule has 188 valence electrons. The Labute approximate surface area is 208 Å². The Morgan fingerprint density at radius 3 is 3.03 bits per heavy atom. The minimum Gasteiger partial charge on any atom is -0.481 e. The van der Waals surface area contributed by atoms with Crippen LogP contribution in [0.15, 0.2) is 30.5 Å². The molecule has 1 amide bonds. The number of pyridine rings is 3. The van der Waals surface area contributed by atoms with Crippen molar-refractivity contribution >= 4 is 22.8 Å². The van der Waals surface area contributed by atoms with E-state index in [2.05, 4.69) is 36.6 Å². The van der Waals surface area contributed by atoms with Crippen molar-refractivity contribution in [3.05, 3.63) is 53.1 Å². The minimum absolute atomic E-state index is 0.0211. The molecule has 36 heavy (non-hydrogen) atoms. The summed E-state index contributed by atoms with van der Waals surface area (Å²) in [6.45, 7) is 2.93.